The Kier molecular flexibility index (Phi) is 5.59. The van der Waals surface area contributed by atoms with Crippen molar-refractivity contribution in [1.29, 1.82) is 0 Å². The van der Waals surface area contributed by atoms with Crippen molar-refractivity contribution >= 4 is 17.5 Å². The van der Waals surface area contributed by atoms with Gasteiger partial charge in [-0.3, -0.25) is 4.79 Å². The molecule has 0 aromatic heterocycles. The Morgan fingerprint density at radius 1 is 1.50 bits per heavy atom. The molecule has 0 saturated heterocycles. The summed E-state index contributed by atoms with van der Waals surface area (Å²) in [6.45, 7) is 0.570. The number of likely N-dealkylation sites (N-methyl/N-ethyl adjacent to an activating group) is 1. The van der Waals surface area contributed by atoms with E-state index in [4.69, 9.17) is 17.3 Å². The molecule has 0 fully saturated rings. The molecule has 0 aliphatic heterocycles. The Hall–Kier alpha value is -1.10. The number of benzene rings is 1. The zero-order valence-corrected chi connectivity index (χ0v) is 11.8. The Morgan fingerprint density at radius 3 is 2.61 bits per heavy atom. The lowest BCUT2D eigenvalue weighted by Crippen LogP contribution is -2.36. The first-order valence-electron chi connectivity index (χ1n) is 5.86. The monoisotopic (exact) mass is 269 g/mol. The highest BCUT2D eigenvalue weighted by molar-refractivity contribution is 6.31. The van der Waals surface area contributed by atoms with E-state index in [9.17, 15) is 4.79 Å². The second-order valence-corrected chi connectivity index (χ2v) is 4.85. The summed E-state index contributed by atoms with van der Waals surface area (Å²) in [6.07, 6.45) is 0.774. The van der Waals surface area contributed by atoms with Gasteiger partial charge in [-0.05, 0) is 38.2 Å². The molecule has 5 heteroatoms. The highest BCUT2D eigenvalue weighted by atomic mass is 35.5. The van der Waals surface area contributed by atoms with E-state index >= 15 is 0 Å². The molecule has 0 radical (unpaired) electrons. The van der Waals surface area contributed by atoms with Gasteiger partial charge in [-0.15, -0.1) is 0 Å². The topological polar surface area (TPSA) is 58.4 Å². The van der Waals surface area contributed by atoms with Gasteiger partial charge in [-0.1, -0.05) is 17.7 Å². The smallest absolute Gasteiger partial charge is 0.251 e. The number of nitrogens with two attached hydrogens (primary N) is 1. The molecule has 1 aromatic carbocycles. The quantitative estimate of drug-likeness (QED) is 0.843. The number of rotatable bonds is 5. The minimum Gasteiger partial charge on any atom is -0.355 e. The number of nitrogens with zero attached hydrogens (tertiary/aromatic N) is 1. The largest absolute Gasteiger partial charge is 0.355 e. The first-order valence-corrected chi connectivity index (χ1v) is 6.24. The fourth-order valence-corrected chi connectivity index (χ4v) is 1.99. The Balaban J connectivity index is 2.89. The van der Waals surface area contributed by atoms with E-state index in [1.54, 1.807) is 19.2 Å². The Bertz CT molecular complexity index is 421. The highest BCUT2D eigenvalue weighted by Crippen LogP contribution is 2.20. The van der Waals surface area contributed by atoms with Crippen LogP contribution in [0.15, 0.2) is 18.2 Å². The summed E-state index contributed by atoms with van der Waals surface area (Å²) in [5.41, 5.74) is 7.30. The maximum atomic E-state index is 11.5. The van der Waals surface area contributed by atoms with Crippen molar-refractivity contribution < 1.29 is 4.79 Å². The number of hydrogen-bond donors (Lipinski definition) is 2. The van der Waals surface area contributed by atoms with E-state index < -0.39 is 0 Å². The van der Waals surface area contributed by atoms with Crippen molar-refractivity contribution in [2.45, 2.75) is 12.5 Å². The molecule has 1 aromatic rings. The van der Waals surface area contributed by atoms with Gasteiger partial charge in [-0.2, -0.15) is 0 Å². The van der Waals surface area contributed by atoms with E-state index in [0.717, 1.165) is 12.0 Å². The third-order valence-electron chi connectivity index (χ3n) is 3.00. The molecule has 0 heterocycles. The molecule has 18 heavy (non-hydrogen) atoms. The summed E-state index contributed by atoms with van der Waals surface area (Å²) in [4.78, 5) is 13.5. The minimum absolute atomic E-state index is 0.133. The van der Waals surface area contributed by atoms with E-state index in [-0.39, 0.29) is 11.9 Å². The molecule has 0 aliphatic rings. The number of carbonyl (C=O) groups excluding carboxylic acids is 1. The van der Waals surface area contributed by atoms with Gasteiger partial charge in [0.1, 0.15) is 0 Å². The summed E-state index contributed by atoms with van der Waals surface area (Å²) in [7, 11) is 5.58. The molecule has 0 spiro atoms. The molecule has 1 amide bonds. The molecule has 1 rings (SSSR count). The van der Waals surface area contributed by atoms with Gasteiger partial charge in [0.2, 0.25) is 0 Å². The first-order chi connectivity index (χ1) is 8.49. The zero-order valence-electron chi connectivity index (χ0n) is 11.0. The van der Waals surface area contributed by atoms with E-state index in [0.29, 0.717) is 17.1 Å². The fraction of sp³-hybridized carbons (Fsp3) is 0.462. The minimum atomic E-state index is -0.133. The maximum absolute atomic E-state index is 11.5. The molecule has 0 bridgehead atoms. The lowest BCUT2D eigenvalue weighted by molar-refractivity contribution is 0.0963. The third kappa shape index (κ3) is 3.70. The van der Waals surface area contributed by atoms with Gasteiger partial charge < -0.3 is 16.0 Å². The van der Waals surface area contributed by atoms with Crippen LogP contribution in [0, 0.1) is 0 Å². The lowest BCUT2D eigenvalue weighted by atomic mass is 10.0. The second-order valence-electron chi connectivity index (χ2n) is 4.44. The Labute approximate surface area is 113 Å². The molecule has 0 aliphatic carbocycles. The number of amides is 1. The summed E-state index contributed by atoms with van der Waals surface area (Å²) in [6, 6.07) is 5.61. The second kappa shape index (κ2) is 6.73. The predicted molar refractivity (Wildman–Crippen MR) is 75.1 cm³/mol. The van der Waals surface area contributed by atoms with E-state index in [2.05, 4.69) is 10.2 Å². The zero-order chi connectivity index (χ0) is 13.7. The van der Waals surface area contributed by atoms with Crippen LogP contribution in [0.4, 0.5) is 0 Å². The van der Waals surface area contributed by atoms with Crippen LogP contribution < -0.4 is 11.1 Å². The summed E-state index contributed by atoms with van der Waals surface area (Å²) < 4.78 is 0. The van der Waals surface area contributed by atoms with Crippen LogP contribution in [0.3, 0.4) is 0 Å². The van der Waals surface area contributed by atoms with E-state index in [1.807, 2.05) is 20.2 Å². The van der Waals surface area contributed by atoms with Gasteiger partial charge in [0.25, 0.3) is 5.91 Å². The predicted octanol–water partition coefficient (Wildman–Crippen LogP) is 1.13. The van der Waals surface area contributed by atoms with Crippen molar-refractivity contribution in [3.63, 3.8) is 0 Å². The summed E-state index contributed by atoms with van der Waals surface area (Å²) in [5, 5.41) is 3.18. The first kappa shape index (κ1) is 15.0. The van der Waals surface area contributed by atoms with Crippen molar-refractivity contribution in [2.75, 3.05) is 27.7 Å². The normalized spacial score (nSPS) is 12.6. The fourth-order valence-electron chi connectivity index (χ4n) is 1.73. The average Bonchev–Trinajstić information content (AvgIpc) is 2.35. The van der Waals surface area contributed by atoms with Crippen molar-refractivity contribution in [2.24, 2.45) is 5.73 Å². The lowest BCUT2D eigenvalue weighted by Gasteiger charge is -2.23. The molecule has 3 N–H and O–H groups in total. The molecular formula is C13H20ClN3O. The molecule has 0 saturated carbocycles. The van der Waals surface area contributed by atoms with Crippen LogP contribution in [0.1, 0.15) is 15.9 Å². The number of hydrogen-bond acceptors (Lipinski definition) is 3. The van der Waals surface area contributed by atoms with Crippen molar-refractivity contribution in [3.05, 3.63) is 34.3 Å². The molecule has 100 valence electrons. The van der Waals surface area contributed by atoms with Gasteiger partial charge in [0, 0.05) is 30.2 Å². The molecular weight excluding hydrogens is 250 g/mol. The molecule has 1 atom stereocenters. The van der Waals surface area contributed by atoms with Crippen LogP contribution in [-0.4, -0.2) is 44.5 Å². The van der Waals surface area contributed by atoms with Gasteiger partial charge in [0.05, 0.1) is 0 Å². The summed E-state index contributed by atoms with van der Waals surface area (Å²) >= 11 is 6.20. The number of halogens is 1. The number of nitrogens with one attached hydrogen (secondary N) is 1. The van der Waals surface area contributed by atoms with Gasteiger partial charge >= 0.3 is 0 Å². The summed E-state index contributed by atoms with van der Waals surface area (Å²) in [5.74, 6) is -0.133. The van der Waals surface area contributed by atoms with Gasteiger partial charge in [0.15, 0.2) is 0 Å². The Morgan fingerprint density at radius 2 is 2.17 bits per heavy atom. The van der Waals surface area contributed by atoms with Crippen LogP contribution in [-0.2, 0) is 6.42 Å². The average molecular weight is 270 g/mol. The third-order valence-corrected chi connectivity index (χ3v) is 3.35. The number of carbonyl (C=O) groups is 1. The van der Waals surface area contributed by atoms with Crippen LogP contribution in [0.5, 0.6) is 0 Å². The van der Waals surface area contributed by atoms with Gasteiger partial charge in [-0.25, -0.2) is 0 Å². The van der Waals surface area contributed by atoms with E-state index in [1.165, 1.54) is 0 Å². The highest BCUT2D eigenvalue weighted by Gasteiger charge is 2.13. The molecule has 0 unspecified atom stereocenters. The molecule has 4 nitrogen and oxygen atoms in total. The van der Waals surface area contributed by atoms with Crippen LogP contribution in [0.25, 0.3) is 0 Å². The van der Waals surface area contributed by atoms with Crippen LogP contribution in [0.2, 0.25) is 5.02 Å². The van der Waals surface area contributed by atoms with Crippen molar-refractivity contribution in [3.8, 4) is 0 Å². The van der Waals surface area contributed by atoms with Crippen molar-refractivity contribution in [1.82, 2.24) is 10.2 Å². The SMILES string of the molecule is CNC(=O)c1ccc(C[C@@H](CN)N(C)C)c(Cl)c1. The maximum Gasteiger partial charge on any atom is 0.251 e. The standard InChI is InChI=1S/C13H20ClN3O/c1-16-13(18)10-5-4-9(12(14)7-10)6-11(8-15)17(2)3/h4-5,7,11H,6,8,15H2,1-3H3,(H,16,18)/t11-/m0/s1. The van der Waals surface area contributed by atoms with Crippen LogP contribution >= 0.6 is 11.6 Å².